The smallest absolute Gasteiger partial charge is 0.228 e. The highest BCUT2D eigenvalue weighted by Gasteiger charge is 2.31. The number of pyridine rings is 2. The molecule has 4 aromatic rings. The molecular formula is C26H25N2O+. The first-order valence-electron chi connectivity index (χ1n) is 10.7. The number of nitrogens with zero attached hydrogens (tertiary/aromatic N) is 2. The Hall–Kier alpha value is -2.94. The first-order chi connectivity index (χ1) is 14.2. The summed E-state index contributed by atoms with van der Waals surface area (Å²) in [6, 6.07) is 13.2. The molecule has 144 valence electrons. The van der Waals surface area contributed by atoms with Gasteiger partial charge >= 0.3 is 0 Å². The molecule has 0 atom stereocenters. The summed E-state index contributed by atoms with van der Waals surface area (Å²) in [6.45, 7) is 2.19. The molecule has 2 aromatic carbocycles. The number of hydrogen-bond donors (Lipinski definition) is 0. The van der Waals surface area contributed by atoms with Gasteiger partial charge in [0, 0.05) is 23.7 Å². The molecule has 0 saturated heterocycles. The van der Waals surface area contributed by atoms with Crippen LogP contribution < -0.4 is 9.30 Å². The van der Waals surface area contributed by atoms with Crippen LogP contribution in [-0.4, -0.2) is 4.98 Å². The lowest BCUT2D eigenvalue weighted by Gasteiger charge is -2.22. The molecule has 2 aliphatic rings. The van der Waals surface area contributed by atoms with Crippen LogP contribution in [0, 0.1) is 12.8 Å². The van der Waals surface area contributed by atoms with E-state index in [-0.39, 0.29) is 0 Å². The fraction of sp³-hybridized carbons (Fsp3) is 0.308. The third-order valence-corrected chi connectivity index (χ3v) is 6.85. The van der Waals surface area contributed by atoms with E-state index in [4.69, 9.17) is 4.74 Å². The number of aromatic nitrogens is 2. The maximum absolute atomic E-state index is 6.55. The summed E-state index contributed by atoms with van der Waals surface area (Å²) in [5.74, 6) is 2.73. The first kappa shape index (κ1) is 17.0. The number of rotatable bonds is 2. The number of ether oxygens (including phenoxy) is 1. The van der Waals surface area contributed by atoms with Gasteiger partial charge in [-0.15, -0.1) is 0 Å². The molecule has 1 aliphatic carbocycles. The van der Waals surface area contributed by atoms with Crippen LogP contribution in [0.4, 0.5) is 0 Å². The van der Waals surface area contributed by atoms with E-state index in [0.29, 0.717) is 0 Å². The standard InChI is InChI=1S/C26H25N2O/c1-16-20-8-5-10-27-21(20)15-23-24(16)26-25-19(9-11-28(26)2)13-18(14-22(25)29-23)12-17-6-3-4-7-17/h5,8-11,13-15,17H,3-4,6-7,12H2,1-2H3/q+1. The molecular weight excluding hydrogens is 356 g/mol. The van der Waals surface area contributed by atoms with Gasteiger partial charge in [0.15, 0.2) is 6.20 Å². The fourth-order valence-corrected chi connectivity index (χ4v) is 5.43. The average molecular weight is 381 g/mol. The lowest BCUT2D eigenvalue weighted by Crippen LogP contribution is -2.31. The predicted octanol–water partition coefficient (Wildman–Crippen LogP) is 6.03. The fourth-order valence-electron chi connectivity index (χ4n) is 5.43. The zero-order chi connectivity index (χ0) is 19.5. The summed E-state index contributed by atoms with van der Waals surface area (Å²) < 4.78 is 8.78. The molecule has 1 saturated carbocycles. The van der Waals surface area contributed by atoms with E-state index in [2.05, 4.69) is 60.1 Å². The molecule has 6 rings (SSSR count). The van der Waals surface area contributed by atoms with Crippen molar-refractivity contribution in [2.45, 2.75) is 39.0 Å². The molecule has 2 aromatic heterocycles. The van der Waals surface area contributed by atoms with Crippen molar-refractivity contribution >= 4 is 21.7 Å². The summed E-state index contributed by atoms with van der Waals surface area (Å²) in [5, 5.41) is 3.69. The third kappa shape index (κ3) is 2.57. The van der Waals surface area contributed by atoms with Crippen molar-refractivity contribution in [2.75, 3.05) is 0 Å². The average Bonchev–Trinajstić information content (AvgIpc) is 3.23. The van der Waals surface area contributed by atoms with Gasteiger partial charge in [-0.05, 0) is 47.9 Å². The largest absolute Gasteiger partial charge is 0.455 e. The quantitative estimate of drug-likeness (QED) is 0.349. The van der Waals surface area contributed by atoms with Crippen LogP contribution in [0.2, 0.25) is 0 Å². The zero-order valence-corrected chi connectivity index (χ0v) is 17.0. The SMILES string of the molecule is Cc1c2c(cc3ncccc13)Oc1cc(CC3CCCC3)cc3cc[n+](C)c-2c13. The monoisotopic (exact) mass is 381 g/mol. The van der Waals surface area contributed by atoms with Gasteiger partial charge in [0.2, 0.25) is 5.69 Å². The Kier molecular flexibility index (Phi) is 3.67. The predicted molar refractivity (Wildman–Crippen MR) is 116 cm³/mol. The van der Waals surface area contributed by atoms with E-state index >= 15 is 0 Å². The van der Waals surface area contributed by atoms with Gasteiger partial charge in [-0.3, -0.25) is 4.98 Å². The van der Waals surface area contributed by atoms with Gasteiger partial charge in [-0.1, -0.05) is 37.8 Å². The van der Waals surface area contributed by atoms with E-state index in [1.807, 2.05) is 12.3 Å². The second kappa shape index (κ2) is 6.28. The molecule has 1 fully saturated rings. The van der Waals surface area contributed by atoms with Crippen molar-refractivity contribution in [3.05, 3.63) is 59.9 Å². The minimum atomic E-state index is 0.824. The van der Waals surface area contributed by atoms with Crippen LogP contribution in [-0.2, 0) is 13.5 Å². The summed E-state index contributed by atoms with van der Waals surface area (Å²) >= 11 is 0. The molecule has 1 aliphatic heterocycles. The molecule has 3 heteroatoms. The normalized spacial score (nSPS) is 15.7. The van der Waals surface area contributed by atoms with Crippen molar-refractivity contribution in [1.82, 2.24) is 4.98 Å². The molecule has 3 heterocycles. The number of fused-ring (bicyclic) bond motifs is 3. The maximum Gasteiger partial charge on any atom is 0.228 e. The molecule has 3 nitrogen and oxygen atoms in total. The highest BCUT2D eigenvalue weighted by atomic mass is 16.5. The summed E-state index contributed by atoms with van der Waals surface area (Å²) in [5.41, 5.74) is 6.06. The highest BCUT2D eigenvalue weighted by molar-refractivity contribution is 6.04. The van der Waals surface area contributed by atoms with Crippen LogP contribution >= 0.6 is 0 Å². The second-order valence-electron chi connectivity index (χ2n) is 8.73. The van der Waals surface area contributed by atoms with E-state index < -0.39 is 0 Å². The van der Waals surface area contributed by atoms with Crippen LogP contribution in [0.1, 0.15) is 36.8 Å². The van der Waals surface area contributed by atoms with Crippen molar-refractivity contribution in [3.63, 3.8) is 0 Å². The molecule has 0 unspecified atom stereocenters. The van der Waals surface area contributed by atoms with Gasteiger partial charge in [0.05, 0.1) is 16.5 Å². The Morgan fingerprint density at radius 2 is 1.97 bits per heavy atom. The van der Waals surface area contributed by atoms with Gasteiger partial charge in [-0.25, -0.2) is 4.57 Å². The summed E-state index contributed by atoms with van der Waals surface area (Å²) in [4.78, 5) is 4.58. The zero-order valence-electron chi connectivity index (χ0n) is 17.0. The molecule has 29 heavy (non-hydrogen) atoms. The van der Waals surface area contributed by atoms with Crippen molar-refractivity contribution in [3.8, 4) is 22.8 Å². The van der Waals surface area contributed by atoms with Gasteiger partial charge in [0.1, 0.15) is 18.5 Å². The topological polar surface area (TPSA) is 26.0 Å². The van der Waals surface area contributed by atoms with E-state index in [1.165, 1.54) is 64.2 Å². The maximum atomic E-state index is 6.55. The van der Waals surface area contributed by atoms with Gasteiger partial charge in [-0.2, -0.15) is 0 Å². The van der Waals surface area contributed by atoms with Gasteiger partial charge in [0.25, 0.3) is 0 Å². The Morgan fingerprint density at radius 3 is 2.83 bits per heavy atom. The minimum absolute atomic E-state index is 0.824. The molecule has 0 N–H and O–H groups in total. The Bertz CT molecular complexity index is 1290. The van der Waals surface area contributed by atoms with Crippen LogP contribution in [0.3, 0.4) is 0 Å². The third-order valence-electron chi connectivity index (χ3n) is 6.85. The van der Waals surface area contributed by atoms with Crippen molar-refractivity contribution in [1.29, 1.82) is 0 Å². The second-order valence-corrected chi connectivity index (χ2v) is 8.73. The van der Waals surface area contributed by atoms with E-state index in [0.717, 1.165) is 29.4 Å². The summed E-state index contributed by atoms with van der Waals surface area (Å²) in [6.07, 6.45) is 10.7. The first-order valence-corrected chi connectivity index (χ1v) is 10.7. The molecule has 0 amide bonds. The highest BCUT2D eigenvalue weighted by Crippen LogP contribution is 2.48. The van der Waals surface area contributed by atoms with Crippen molar-refractivity contribution < 1.29 is 9.30 Å². The number of aryl methyl sites for hydroxylation is 2. The lowest BCUT2D eigenvalue weighted by atomic mass is 9.91. The lowest BCUT2D eigenvalue weighted by molar-refractivity contribution is -0.659. The molecule has 0 bridgehead atoms. The summed E-state index contributed by atoms with van der Waals surface area (Å²) in [7, 11) is 2.13. The number of benzene rings is 2. The minimum Gasteiger partial charge on any atom is -0.455 e. The van der Waals surface area contributed by atoms with Crippen LogP contribution in [0.25, 0.3) is 32.9 Å². The van der Waals surface area contributed by atoms with E-state index in [9.17, 15) is 0 Å². The Morgan fingerprint density at radius 1 is 1.10 bits per heavy atom. The Balaban J connectivity index is 1.61. The van der Waals surface area contributed by atoms with Crippen molar-refractivity contribution in [2.24, 2.45) is 13.0 Å². The molecule has 0 radical (unpaired) electrons. The van der Waals surface area contributed by atoms with Crippen LogP contribution in [0.5, 0.6) is 11.5 Å². The Labute approximate surface area is 171 Å². The van der Waals surface area contributed by atoms with E-state index in [1.54, 1.807) is 0 Å². The number of hydrogen-bond acceptors (Lipinski definition) is 2. The van der Waals surface area contributed by atoms with Gasteiger partial charge < -0.3 is 4.74 Å². The molecule has 0 spiro atoms. The van der Waals surface area contributed by atoms with Crippen LogP contribution in [0.15, 0.2) is 48.8 Å².